The van der Waals surface area contributed by atoms with Gasteiger partial charge in [0.1, 0.15) is 11.5 Å². The van der Waals surface area contributed by atoms with Crippen molar-refractivity contribution in [3.8, 4) is 0 Å². The van der Waals surface area contributed by atoms with E-state index < -0.39 is 0 Å². The molecule has 3 saturated heterocycles. The number of nitrogens with zero attached hydrogens (tertiary/aromatic N) is 6. The van der Waals surface area contributed by atoms with Crippen LogP contribution in [0.25, 0.3) is 0 Å². The van der Waals surface area contributed by atoms with Gasteiger partial charge in [-0.05, 0) is 51.7 Å². The van der Waals surface area contributed by atoms with Crippen molar-refractivity contribution in [2.45, 2.75) is 45.3 Å². The van der Waals surface area contributed by atoms with Crippen molar-refractivity contribution in [1.29, 1.82) is 0 Å². The lowest BCUT2D eigenvalue weighted by Crippen LogP contribution is -2.59. The van der Waals surface area contributed by atoms with E-state index in [1.165, 1.54) is 10.9 Å². The highest BCUT2D eigenvalue weighted by Crippen LogP contribution is 2.24. The summed E-state index contributed by atoms with van der Waals surface area (Å²) in [6, 6.07) is 5.09. The molecule has 42 heavy (non-hydrogen) atoms. The average Bonchev–Trinajstić information content (AvgIpc) is 2.96. The van der Waals surface area contributed by atoms with Crippen LogP contribution in [-0.4, -0.2) is 107 Å². The highest BCUT2D eigenvalue weighted by molar-refractivity contribution is 5.94. The topological polar surface area (TPSA) is 134 Å². The molecule has 3 amide bonds. The maximum Gasteiger partial charge on any atom is 0.317 e. The van der Waals surface area contributed by atoms with E-state index >= 15 is 0 Å². The summed E-state index contributed by atoms with van der Waals surface area (Å²) in [6.45, 7) is 11.6. The number of hydrogen-bond donors (Lipinski definition) is 2. The molecule has 0 spiro atoms. The standard InChI is InChI=1S/C29H42N8O5/c1-29(2,3)42-22-18-37(19-22)28(40)31-15-20-6-5-9-36(17-20)25-14-23(27(39)34(4)33-25)32-24-8-7-21(16-30-24)26(38)35-10-12-41-13-11-35/h7-8,14,16,20,22H,5-6,9-13,15,17-19H2,1-4H3,(H,30,32)(H,31,40)/t20-/m0/s1. The van der Waals surface area contributed by atoms with E-state index in [4.69, 9.17) is 9.47 Å². The monoisotopic (exact) mass is 582 g/mol. The van der Waals surface area contributed by atoms with Gasteiger partial charge in [0.05, 0.1) is 43.6 Å². The molecule has 3 aliphatic heterocycles. The molecule has 2 N–H and O–H groups in total. The first-order chi connectivity index (χ1) is 20.1. The summed E-state index contributed by atoms with van der Waals surface area (Å²) in [5.41, 5.74) is 0.346. The maximum atomic E-state index is 12.9. The number of urea groups is 1. The number of aromatic nitrogens is 3. The minimum atomic E-state index is -0.280. The van der Waals surface area contributed by atoms with E-state index in [0.29, 0.717) is 68.8 Å². The van der Waals surface area contributed by atoms with Gasteiger partial charge in [-0.1, -0.05) is 0 Å². The molecule has 0 aliphatic carbocycles. The van der Waals surface area contributed by atoms with Gasteiger partial charge in [-0.2, -0.15) is 5.10 Å². The summed E-state index contributed by atoms with van der Waals surface area (Å²) < 4.78 is 12.6. The van der Waals surface area contributed by atoms with Crippen LogP contribution >= 0.6 is 0 Å². The number of pyridine rings is 1. The Bertz CT molecular complexity index is 1310. The molecule has 3 fully saturated rings. The molecule has 0 saturated carbocycles. The fourth-order valence-electron chi connectivity index (χ4n) is 5.48. The number of carbonyl (C=O) groups excluding carboxylic acids is 2. The molecule has 5 rings (SSSR count). The Balaban J connectivity index is 1.16. The van der Waals surface area contributed by atoms with Crippen molar-refractivity contribution in [3.63, 3.8) is 0 Å². The summed E-state index contributed by atoms with van der Waals surface area (Å²) in [6.07, 6.45) is 3.57. The van der Waals surface area contributed by atoms with Crippen LogP contribution in [0.15, 0.2) is 29.2 Å². The van der Waals surface area contributed by atoms with E-state index in [0.717, 1.165) is 25.9 Å². The molecule has 2 aromatic heterocycles. The molecular formula is C29H42N8O5. The first-order valence-electron chi connectivity index (χ1n) is 14.7. The SMILES string of the molecule is Cn1nc(N2CCC[C@@H](CNC(=O)N3CC(OC(C)(C)C)C3)C2)cc(Nc2ccc(C(=O)N3CCOCC3)cn2)c1=O. The molecule has 3 aliphatic rings. The van der Waals surface area contributed by atoms with Crippen molar-refractivity contribution in [1.82, 2.24) is 29.9 Å². The van der Waals surface area contributed by atoms with E-state index in [1.54, 1.807) is 35.0 Å². The zero-order valence-corrected chi connectivity index (χ0v) is 25.0. The molecule has 0 unspecified atom stereocenters. The normalized spacial score (nSPS) is 19.8. The number of piperidine rings is 1. The zero-order valence-electron chi connectivity index (χ0n) is 25.0. The highest BCUT2D eigenvalue weighted by atomic mass is 16.5. The number of ether oxygens (including phenoxy) is 2. The number of rotatable bonds is 7. The van der Waals surface area contributed by atoms with Gasteiger partial charge in [-0.15, -0.1) is 0 Å². The summed E-state index contributed by atoms with van der Waals surface area (Å²) in [5, 5.41) is 10.7. The van der Waals surface area contributed by atoms with Crippen LogP contribution in [0.2, 0.25) is 0 Å². The van der Waals surface area contributed by atoms with Gasteiger partial charge < -0.3 is 34.8 Å². The molecule has 13 nitrogen and oxygen atoms in total. The number of carbonyl (C=O) groups is 2. The second kappa shape index (κ2) is 12.7. The Hall–Kier alpha value is -3.71. The van der Waals surface area contributed by atoms with Gasteiger partial charge in [0.2, 0.25) is 0 Å². The van der Waals surface area contributed by atoms with Crippen LogP contribution in [0, 0.1) is 5.92 Å². The number of anilines is 3. The van der Waals surface area contributed by atoms with Crippen molar-refractivity contribution in [3.05, 3.63) is 40.3 Å². The summed E-state index contributed by atoms with van der Waals surface area (Å²) in [4.78, 5) is 48.3. The fourth-order valence-corrected chi connectivity index (χ4v) is 5.48. The Labute approximate surface area is 246 Å². The largest absolute Gasteiger partial charge is 0.378 e. The number of amides is 3. The predicted octanol–water partition coefficient (Wildman–Crippen LogP) is 1.82. The lowest BCUT2D eigenvalue weighted by Gasteiger charge is -2.42. The van der Waals surface area contributed by atoms with Gasteiger partial charge in [0, 0.05) is 52.0 Å². The smallest absolute Gasteiger partial charge is 0.317 e. The molecule has 228 valence electrons. The second-order valence-corrected chi connectivity index (χ2v) is 12.2. The number of aryl methyl sites for hydroxylation is 1. The van der Waals surface area contributed by atoms with Crippen molar-refractivity contribution >= 4 is 29.3 Å². The number of nitrogens with one attached hydrogen (secondary N) is 2. The van der Waals surface area contributed by atoms with Crippen LogP contribution in [-0.2, 0) is 16.5 Å². The third-order valence-electron chi connectivity index (χ3n) is 7.66. The summed E-state index contributed by atoms with van der Waals surface area (Å²) in [5.74, 6) is 1.32. The Morgan fingerprint density at radius 3 is 2.55 bits per heavy atom. The first-order valence-corrected chi connectivity index (χ1v) is 14.7. The van der Waals surface area contributed by atoms with Crippen molar-refractivity contribution < 1.29 is 19.1 Å². The predicted molar refractivity (Wildman–Crippen MR) is 158 cm³/mol. The third kappa shape index (κ3) is 7.37. The van der Waals surface area contributed by atoms with E-state index in [-0.39, 0.29) is 35.1 Å². The lowest BCUT2D eigenvalue weighted by atomic mass is 9.98. The van der Waals surface area contributed by atoms with Crippen LogP contribution in [0.4, 0.5) is 22.1 Å². The lowest BCUT2D eigenvalue weighted by molar-refractivity contribution is -0.111. The van der Waals surface area contributed by atoms with E-state index in [1.807, 2.05) is 20.8 Å². The molecule has 0 bridgehead atoms. The van der Waals surface area contributed by atoms with Gasteiger partial charge in [0.15, 0.2) is 5.82 Å². The van der Waals surface area contributed by atoms with Gasteiger partial charge in [0.25, 0.3) is 11.5 Å². The quantitative estimate of drug-likeness (QED) is 0.501. The molecule has 5 heterocycles. The second-order valence-electron chi connectivity index (χ2n) is 12.2. The molecule has 2 aromatic rings. The van der Waals surface area contributed by atoms with E-state index in [9.17, 15) is 14.4 Å². The van der Waals surface area contributed by atoms with Gasteiger partial charge in [-0.25, -0.2) is 14.5 Å². The third-order valence-corrected chi connectivity index (χ3v) is 7.66. The molecule has 13 heteroatoms. The highest BCUT2D eigenvalue weighted by Gasteiger charge is 2.34. The number of morpholine rings is 1. The molecule has 0 aromatic carbocycles. The Kier molecular flexibility index (Phi) is 8.97. The summed E-state index contributed by atoms with van der Waals surface area (Å²) in [7, 11) is 1.62. The Morgan fingerprint density at radius 2 is 1.86 bits per heavy atom. The van der Waals surface area contributed by atoms with Crippen LogP contribution < -0.4 is 21.1 Å². The number of hydrogen-bond acceptors (Lipinski definition) is 9. The summed E-state index contributed by atoms with van der Waals surface area (Å²) >= 11 is 0. The average molecular weight is 583 g/mol. The van der Waals surface area contributed by atoms with Crippen molar-refractivity contribution in [2.24, 2.45) is 13.0 Å². The molecule has 1 atom stereocenters. The Morgan fingerprint density at radius 1 is 1.10 bits per heavy atom. The zero-order chi connectivity index (χ0) is 29.9. The van der Waals surface area contributed by atoms with Gasteiger partial charge in [-0.3, -0.25) is 9.59 Å². The van der Waals surface area contributed by atoms with E-state index in [2.05, 4.69) is 25.6 Å². The fraction of sp³-hybridized carbons (Fsp3) is 0.621. The molecular weight excluding hydrogens is 540 g/mol. The van der Waals surface area contributed by atoms with Crippen LogP contribution in [0.1, 0.15) is 44.0 Å². The first kappa shape index (κ1) is 29.8. The van der Waals surface area contributed by atoms with Crippen LogP contribution in [0.3, 0.4) is 0 Å². The minimum absolute atomic E-state index is 0.0576. The minimum Gasteiger partial charge on any atom is -0.378 e. The van der Waals surface area contributed by atoms with Crippen LogP contribution in [0.5, 0.6) is 0 Å². The maximum absolute atomic E-state index is 12.9. The van der Waals surface area contributed by atoms with Gasteiger partial charge >= 0.3 is 6.03 Å². The number of likely N-dealkylation sites (tertiary alicyclic amines) is 1. The molecule has 0 radical (unpaired) electrons. The van der Waals surface area contributed by atoms with Crippen molar-refractivity contribution in [2.75, 3.05) is 69.2 Å².